The van der Waals surface area contributed by atoms with E-state index in [2.05, 4.69) is 15.6 Å². The van der Waals surface area contributed by atoms with E-state index in [1.54, 1.807) is 24.3 Å². The Kier molecular flexibility index (Phi) is 5.39. The van der Waals surface area contributed by atoms with Crippen molar-refractivity contribution in [1.82, 2.24) is 10.3 Å². The number of nitrogens with zero attached hydrogens (tertiary/aromatic N) is 1. The van der Waals surface area contributed by atoms with E-state index in [1.807, 2.05) is 32.0 Å². The fourth-order valence-electron chi connectivity index (χ4n) is 2.90. The topological polar surface area (TPSA) is 71.1 Å². The molecule has 1 aliphatic carbocycles. The third-order valence-corrected chi connectivity index (χ3v) is 6.21. The van der Waals surface area contributed by atoms with E-state index in [-0.39, 0.29) is 17.9 Å². The molecule has 4 rings (SSSR count). The lowest BCUT2D eigenvalue weighted by Crippen LogP contribution is -2.25. The van der Waals surface area contributed by atoms with Crippen molar-refractivity contribution in [3.05, 3.63) is 69.2 Å². The monoisotopic (exact) mass is 425 g/mol. The van der Waals surface area contributed by atoms with Gasteiger partial charge in [-0.25, -0.2) is 4.98 Å². The Morgan fingerprint density at radius 1 is 1.07 bits per heavy atom. The zero-order valence-electron chi connectivity index (χ0n) is 16.1. The van der Waals surface area contributed by atoms with Crippen LogP contribution < -0.4 is 10.6 Å². The SMILES string of the molecule is Cc1ccc(C(=O)NC2CC2)cc1NC(=O)c1sc(-c2ccc(Cl)cc2)nc1C. The van der Waals surface area contributed by atoms with Crippen molar-refractivity contribution in [1.29, 1.82) is 0 Å². The Morgan fingerprint density at radius 2 is 1.79 bits per heavy atom. The van der Waals surface area contributed by atoms with Crippen LogP contribution in [0.1, 0.15) is 44.1 Å². The summed E-state index contributed by atoms with van der Waals surface area (Å²) in [5.74, 6) is -0.343. The maximum absolute atomic E-state index is 12.9. The van der Waals surface area contributed by atoms with Crippen molar-refractivity contribution in [2.45, 2.75) is 32.7 Å². The maximum atomic E-state index is 12.9. The fraction of sp³-hybridized carbons (Fsp3) is 0.227. The number of anilines is 1. The summed E-state index contributed by atoms with van der Waals surface area (Å²) >= 11 is 7.28. The van der Waals surface area contributed by atoms with E-state index in [0.29, 0.717) is 26.8 Å². The summed E-state index contributed by atoms with van der Waals surface area (Å²) in [6.07, 6.45) is 2.06. The lowest BCUT2D eigenvalue weighted by Gasteiger charge is -2.10. The molecule has 1 aliphatic rings. The number of benzene rings is 2. The van der Waals surface area contributed by atoms with Crippen LogP contribution in [0.4, 0.5) is 5.69 Å². The molecule has 3 aromatic rings. The summed E-state index contributed by atoms with van der Waals surface area (Å²) in [7, 11) is 0. The summed E-state index contributed by atoms with van der Waals surface area (Å²) in [6.45, 7) is 3.72. The maximum Gasteiger partial charge on any atom is 0.267 e. The molecule has 1 fully saturated rings. The number of aryl methyl sites for hydroxylation is 2. The zero-order chi connectivity index (χ0) is 20.5. The Labute approximate surface area is 178 Å². The highest BCUT2D eigenvalue weighted by molar-refractivity contribution is 7.17. The second-order valence-electron chi connectivity index (χ2n) is 7.17. The number of thiazole rings is 1. The molecular formula is C22H20ClN3O2S. The van der Waals surface area contributed by atoms with Crippen molar-refractivity contribution in [3.8, 4) is 10.6 Å². The molecule has 7 heteroatoms. The van der Waals surface area contributed by atoms with Crippen molar-refractivity contribution in [3.63, 3.8) is 0 Å². The average Bonchev–Trinajstić information content (AvgIpc) is 3.42. The number of halogens is 1. The number of amides is 2. The van der Waals surface area contributed by atoms with Gasteiger partial charge in [0.2, 0.25) is 0 Å². The quantitative estimate of drug-likeness (QED) is 0.588. The van der Waals surface area contributed by atoms with Crippen LogP contribution in [0.2, 0.25) is 5.02 Å². The summed E-state index contributed by atoms with van der Waals surface area (Å²) in [4.78, 5) is 30.3. The van der Waals surface area contributed by atoms with Crippen LogP contribution in [0.25, 0.3) is 10.6 Å². The minimum absolute atomic E-state index is 0.109. The van der Waals surface area contributed by atoms with Crippen LogP contribution in [0, 0.1) is 13.8 Å². The molecule has 1 aromatic heterocycles. The first-order valence-electron chi connectivity index (χ1n) is 9.37. The molecule has 0 saturated heterocycles. The second kappa shape index (κ2) is 7.97. The molecule has 0 radical (unpaired) electrons. The van der Waals surface area contributed by atoms with Gasteiger partial charge in [-0.2, -0.15) is 0 Å². The van der Waals surface area contributed by atoms with Gasteiger partial charge in [-0.15, -0.1) is 11.3 Å². The zero-order valence-corrected chi connectivity index (χ0v) is 17.7. The van der Waals surface area contributed by atoms with Gasteiger partial charge in [0.25, 0.3) is 11.8 Å². The highest BCUT2D eigenvalue weighted by atomic mass is 35.5. The summed E-state index contributed by atoms with van der Waals surface area (Å²) < 4.78 is 0. The highest BCUT2D eigenvalue weighted by Crippen LogP contribution is 2.30. The lowest BCUT2D eigenvalue weighted by molar-refractivity contribution is 0.0949. The summed E-state index contributed by atoms with van der Waals surface area (Å²) in [6, 6.07) is 13.0. The van der Waals surface area contributed by atoms with E-state index in [9.17, 15) is 9.59 Å². The van der Waals surface area contributed by atoms with E-state index in [4.69, 9.17) is 11.6 Å². The molecule has 0 spiro atoms. The number of carbonyl (C=O) groups excluding carboxylic acids is 2. The molecule has 2 aromatic carbocycles. The first-order valence-corrected chi connectivity index (χ1v) is 10.6. The van der Waals surface area contributed by atoms with E-state index in [0.717, 1.165) is 29.0 Å². The smallest absolute Gasteiger partial charge is 0.267 e. The number of carbonyl (C=O) groups is 2. The van der Waals surface area contributed by atoms with Gasteiger partial charge >= 0.3 is 0 Å². The van der Waals surface area contributed by atoms with Gasteiger partial charge in [0.05, 0.1) is 5.69 Å². The third kappa shape index (κ3) is 4.49. The molecule has 2 amide bonds. The van der Waals surface area contributed by atoms with Crippen LogP contribution in [-0.2, 0) is 0 Å². The second-order valence-corrected chi connectivity index (χ2v) is 8.61. The van der Waals surface area contributed by atoms with Crippen LogP contribution in [0.5, 0.6) is 0 Å². The van der Waals surface area contributed by atoms with E-state index in [1.165, 1.54) is 11.3 Å². The molecule has 0 unspecified atom stereocenters. The van der Waals surface area contributed by atoms with Crippen LogP contribution in [-0.4, -0.2) is 22.8 Å². The molecule has 1 heterocycles. The van der Waals surface area contributed by atoms with Gasteiger partial charge in [-0.1, -0.05) is 29.8 Å². The highest BCUT2D eigenvalue weighted by Gasteiger charge is 2.24. The fourth-order valence-corrected chi connectivity index (χ4v) is 3.99. The molecule has 1 saturated carbocycles. The van der Waals surface area contributed by atoms with Gasteiger partial charge in [-0.05, 0) is 56.5 Å². The normalized spacial score (nSPS) is 13.2. The molecule has 2 N–H and O–H groups in total. The molecule has 148 valence electrons. The summed E-state index contributed by atoms with van der Waals surface area (Å²) in [5.41, 5.74) is 3.63. The Bertz CT molecular complexity index is 1090. The average molecular weight is 426 g/mol. The molecule has 0 atom stereocenters. The van der Waals surface area contributed by atoms with Crippen molar-refractivity contribution in [2.24, 2.45) is 0 Å². The van der Waals surface area contributed by atoms with Crippen LogP contribution >= 0.6 is 22.9 Å². The summed E-state index contributed by atoms with van der Waals surface area (Å²) in [5, 5.41) is 7.32. The molecule has 29 heavy (non-hydrogen) atoms. The van der Waals surface area contributed by atoms with Crippen LogP contribution in [0.15, 0.2) is 42.5 Å². The third-order valence-electron chi connectivity index (χ3n) is 4.75. The molecular weight excluding hydrogens is 406 g/mol. The van der Waals surface area contributed by atoms with E-state index < -0.39 is 0 Å². The van der Waals surface area contributed by atoms with Crippen molar-refractivity contribution in [2.75, 3.05) is 5.32 Å². The predicted octanol–water partition coefficient (Wildman–Crippen LogP) is 5.22. The minimum atomic E-state index is -0.233. The number of nitrogens with one attached hydrogen (secondary N) is 2. The first kappa shape index (κ1) is 19.6. The predicted molar refractivity (Wildman–Crippen MR) is 117 cm³/mol. The lowest BCUT2D eigenvalue weighted by atomic mass is 10.1. The largest absolute Gasteiger partial charge is 0.349 e. The van der Waals surface area contributed by atoms with E-state index >= 15 is 0 Å². The molecule has 5 nitrogen and oxygen atoms in total. The van der Waals surface area contributed by atoms with Gasteiger partial charge < -0.3 is 10.6 Å². The standard InChI is InChI=1S/C22H20ClN3O2S/c1-12-3-4-15(20(27)25-17-9-10-17)11-18(12)26-21(28)19-13(2)24-22(29-19)14-5-7-16(23)8-6-14/h3-8,11,17H,9-10H2,1-2H3,(H,25,27)(H,26,28). The van der Waals surface area contributed by atoms with Gasteiger partial charge in [0.15, 0.2) is 0 Å². The van der Waals surface area contributed by atoms with Crippen LogP contribution in [0.3, 0.4) is 0 Å². The molecule has 0 bridgehead atoms. The number of rotatable bonds is 5. The number of hydrogen-bond acceptors (Lipinski definition) is 4. The first-order chi connectivity index (χ1) is 13.9. The van der Waals surface area contributed by atoms with Crippen molar-refractivity contribution < 1.29 is 9.59 Å². The van der Waals surface area contributed by atoms with Gasteiger partial charge in [-0.3, -0.25) is 9.59 Å². The van der Waals surface area contributed by atoms with Crippen molar-refractivity contribution >= 4 is 40.4 Å². The Balaban J connectivity index is 1.54. The Hall–Kier alpha value is -2.70. The Morgan fingerprint density at radius 3 is 2.48 bits per heavy atom. The van der Waals surface area contributed by atoms with Gasteiger partial charge in [0.1, 0.15) is 9.88 Å². The van der Waals surface area contributed by atoms with Gasteiger partial charge in [0, 0.05) is 27.9 Å². The number of hydrogen-bond donors (Lipinski definition) is 2. The minimum Gasteiger partial charge on any atom is -0.349 e. The molecule has 0 aliphatic heterocycles. The number of aromatic nitrogens is 1.